The molecule has 288 valence electrons. The standard InChI is InChI=1S/C52H32BN9/c1-2-34-29-30-40-50(31-34)59-45-24-8-6-22-43(45)57(52(59)55-40)36-16-14-18-38(33-36)61-47-26-10-12-28-49(47)62-48-27-11-9-25-46(48)60(53(61)62)37-17-13-15-35(32-37)56-42-21-5-7-23-44(42)58-41-20-4-3-19-39(41)54-51(56)58/h1,3-33H. The van der Waals surface area contributed by atoms with Gasteiger partial charge in [-0.25, -0.2) is 9.97 Å². The van der Waals surface area contributed by atoms with Crippen molar-refractivity contribution < 1.29 is 0 Å². The second-order valence-corrected chi connectivity index (χ2v) is 16.0. The molecule has 0 saturated carbocycles. The van der Waals surface area contributed by atoms with Crippen molar-refractivity contribution in [1.82, 2.24) is 27.9 Å². The minimum absolute atomic E-state index is 0.247. The van der Waals surface area contributed by atoms with E-state index >= 15 is 0 Å². The zero-order valence-electron chi connectivity index (χ0n) is 33.1. The average Bonchev–Trinajstić information content (AvgIpc) is 4.16. The minimum Gasteiger partial charge on any atom is -0.343 e. The largest absolute Gasteiger partial charge is 0.519 e. The molecule has 0 atom stereocenters. The Morgan fingerprint density at radius 1 is 0.371 bits per heavy atom. The maximum Gasteiger partial charge on any atom is 0.519 e. The molecule has 0 saturated heterocycles. The number of anilines is 6. The maximum absolute atomic E-state index is 5.87. The molecule has 0 spiro atoms. The second kappa shape index (κ2) is 12.2. The summed E-state index contributed by atoms with van der Waals surface area (Å²) in [4.78, 5) is 17.8. The molecule has 0 fully saturated rings. The molecule has 10 heteroatoms. The van der Waals surface area contributed by atoms with Crippen molar-refractivity contribution in [1.29, 1.82) is 0 Å². The highest BCUT2D eigenvalue weighted by Crippen LogP contribution is 2.56. The number of hydrogen-bond donors (Lipinski definition) is 0. The van der Waals surface area contributed by atoms with Crippen LogP contribution in [-0.4, -0.2) is 35.0 Å². The molecular formula is C52H32BN9. The van der Waals surface area contributed by atoms with Crippen LogP contribution in [0.4, 0.5) is 34.1 Å². The molecule has 0 N–H and O–H groups in total. The van der Waals surface area contributed by atoms with E-state index in [-0.39, 0.29) is 7.12 Å². The summed E-state index contributed by atoms with van der Waals surface area (Å²) >= 11 is 0. The third kappa shape index (κ3) is 4.33. The fourth-order valence-electron chi connectivity index (χ4n) is 10.2. The Morgan fingerprint density at radius 3 is 1.35 bits per heavy atom. The molecule has 0 bridgehead atoms. The Bertz CT molecular complexity index is 3900. The van der Waals surface area contributed by atoms with Gasteiger partial charge in [0.1, 0.15) is 0 Å². The zero-order chi connectivity index (χ0) is 40.6. The first-order valence-corrected chi connectivity index (χ1v) is 20.8. The van der Waals surface area contributed by atoms with Gasteiger partial charge in [-0.2, -0.15) is 0 Å². The minimum atomic E-state index is -0.247. The molecule has 0 unspecified atom stereocenters. The van der Waals surface area contributed by atoms with Gasteiger partial charge >= 0.3 is 7.12 Å². The van der Waals surface area contributed by atoms with Crippen LogP contribution in [0.25, 0.3) is 67.1 Å². The number of aromatic nitrogens is 6. The Kier molecular flexibility index (Phi) is 6.53. The van der Waals surface area contributed by atoms with Crippen LogP contribution in [-0.2, 0) is 0 Å². The monoisotopic (exact) mass is 793 g/mol. The van der Waals surface area contributed by atoms with E-state index in [9.17, 15) is 0 Å². The summed E-state index contributed by atoms with van der Waals surface area (Å²) in [5.41, 5.74) is 17.8. The lowest BCUT2D eigenvalue weighted by atomic mass is 9.86. The maximum atomic E-state index is 5.87. The third-order valence-electron chi connectivity index (χ3n) is 12.7. The van der Waals surface area contributed by atoms with Gasteiger partial charge in [-0.15, -0.1) is 6.42 Å². The predicted molar refractivity (Wildman–Crippen MR) is 252 cm³/mol. The number of nitrogens with zero attached hydrogens (tertiary/aromatic N) is 9. The molecule has 6 heterocycles. The summed E-state index contributed by atoms with van der Waals surface area (Å²) in [5, 5.41) is 0. The van der Waals surface area contributed by atoms with Crippen LogP contribution in [0.5, 0.6) is 0 Å². The Hall–Kier alpha value is -8.68. The van der Waals surface area contributed by atoms with E-state index in [1.54, 1.807) is 0 Å². The molecule has 2 aliphatic rings. The molecule has 62 heavy (non-hydrogen) atoms. The van der Waals surface area contributed by atoms with Crippen molar-refractivity contribution in [3.8, 4) is 23.7 Å². The van der Waals surface area contributed by atoms with Crippen LogP contribution in [0.15, 0.2) is 188 Å². The van der Waals surface area contributed by atoms with Crippen LogP contribution in [0, 0.1) is 12.3 Å². The summed E-state index contributed by atoms with van der Waals surface area (Å²) < 4.78 is 9.05. The smallest absolute Gasteiger partial charge is 0.343 e. The lowest BCUT2D eigenvalue weighted by Gasteiger charge is -2.32. The normalized spacial score (nSPS) is 13.3. The van der Waals surface area contributed by atoms with Gasteiger partial charge in [-0.1, -0.05) is 78.7 Å². The average molecular weight is 794 g/mol. The summed E-state index contributed by atoms with van der Waals surface area (Å²) in [6.07, 6.45) is 5.87. The van der Waals surface area contributed by atoms with Crippen LogP contribution in [0.1, 0.15) is 5.56 Å². The first-order valence-electron chi connectivity index (χ1n) is 20.8. The SMILES string of the molecule is C#Cc1ccc2nc3n(-c4cccc(N5B6N(c7cccc(-n8c9ccccc9n9c%10ccccc%10nc89)c7)c7ccccc7N6c6ccccc65)c4)c4ccccc4n3c2c1. The molecular weight excluding hydrogens is 761 g/mol. The van der Waals surface area contributed by atoms with Crippen LogP contribution >= 0.6 is 0 Å². The number of imidazole rings is 4. The van der Waals surface area contributed by atoms with E-state index in [0.29, 0.717) is 0 Å². The molecule has 12 aromatic rings. The quantitative estimate of drug-likeness (QED) is 0.131. The summed E-state index contributed by atoms with van der Waals surface area (Å²) in [6.45, 7) is 0. The third-order valence-corrected chi connectivity index (χ3v) is 12.7. The van der Waals surface area contributed by atoms with Crippen molar-refractivity contribution in [3.05, 3.63) is 194 Å². The van der Waals surface area contributed by atoms with E-state index in [4.69, 9.17) is 16.4 Å². The van der Waals surface area contributed by atoms with Crippen LogP contribution in [0.3, 0.4) is 0 Å². The number of hydrogen-bond acceptors (Lipinski definition) is 5. The van der Waals surface area contributed by atoms with E-state index in [1.807, 2.05) is 12.1 Å². The molecule has 0 aliphatic carbocycles. The number of fused-ring (bicyclic) bond motifs is 15. The van der Waals surface area contributed by atoms with Gasteiger partial charge in [0.2, 0.25) is 11.6 Å². The van der Waals surface area contributed by atoms with Crippen molar-refractivity contribution in [3.63, 3.8) is 0 Å². The van der Waals surface area contributed by atoms with Crippen molar-refractivity contribution in [2.45, 2.75) is 0 Å². The highest BCUT2D eigenvalue weighted by molar-refractivity contribution is 6.80. The predicted octanol–water partition coefficient (Wildman–Crippen LogP) is 11.6. The van der Waals surface area contributed by atoms with E-state index in [0.717, 1.165) is 107 Å². The van der Waals surface area contributed by atoms with Gasteiger partial charge < -0.3 is 14.4 Å². The van der Waals surface area contributed by atoms with Gasteiger partial charge in [0.25, 0.3) is 0 Å². The van der Waals surface area contributed by atoms with E-state index in [2.05, 4.69) is 214 Å². The number of benzene rings is 8. The van der Waals surface area contributed by atoms with E-state index < -0.39 is 0 Å². The molecule has 4 aromatic heterocycles. The van der Waals surface area contributed by atoms with E-state index in [1.165, 1.54) is 0 Å². The van der Waals surface area contributed by atoms with Crippen molar-refractivity contribution in [2.75, 3.05) is 14.4 Å². The molecule has 8 aromatic carbocycles. The Morgan fingerprint density at radius 2 is 0.806 bits per heavy atom. The van der Waals surface area contributed by atoms with Crippen molar-refractivity contribution >= 4 is 96.9 Å². The second-order valence-electron chi connectivity index (χ2n) is 16.0. The fraction of sp³-hybridized carbons (Fsp3) is 0. The van der Waals surface area contributed by atoms with Crippen LogP contribution in [0.2, 0.25) is 0 Å². The first kappa shape index (κ1) is 33.2. The Labute approximate surface area is 355 Å². The lowest BCUT2D eigenvalue weighted by Crippen LogP contribution is -2.51. The summed E-state index contributed by atoms with van der Waals surface area (Å²) in [6, 6.07) is 66.7. The summed E-state index contributed by atoms with van der Waals surface area (Å²) in [5.74, 6) is 4.53. The molecule has 0 amide bonds. The number of rotatable bonds is 4. The highest BCUT2D eigenvalue weighted by atomic mass is 15.4. The molecule has 2 aliphatic heterocycles. The fourth-order valence-corrected chi connectivity index (χ4v) is 10.2. The highest BCUT2D eigenvalue weighted by Gasteiger charge is 2.53. The zero-order valence-corrected chi connectivity index (χ0v) is 33.1. The van der Waals surface area contributed by atoms with Gasteiger partial charge in [-0.05, 0) is 115 Å². The van der Waals surface area contributed by atoms with Crippen molar-refractivity contribution in [2.24, 2.45) is 0 Å². The summed E-state index contributed by atoms with van der Waals surface area (Å²) in [7, 11) is -0.247. The Balaban J connectivity index is 0.964. The molecule has 0 radical (unpaired) electrons. The van der Waals surface area contributed by atoms with Gasteiger partial charge in [0, 0.05) is 16.9 Å². The first-order chi connectivity index (χ1) is 30.7. The lowest BCUT2D eigenvalue weighted by molar-refractivity contribution is 1.11. The number of para-hydroxylation sites is 10. The molecule has 9 nitrogen and oxygen atoms in total. The van der Waals surface area contributed by atoms with Crippen LogP contribution < -0.4 is 14.4 Å². The van der Waals surface area contributed by atoms with Gasteiger partial charge in [0.05, 0.1) is 78.3 Å². The van der Waals surface area contributed by atoms with Gasteiger partial charge in [-0.3, -0.25) is 17.9 Å². The topological polar surface area (TPSA) is 54.2 Å². The molecule has 14 rings (SSSR count). The van der Waals surface area contributed by atoms with Gasteiger partial charge in [0.15, 0.2) is 0 Å². The number of terminal acetylenes is 1.